The van der Waals surface area contributed by atoms with E-state index in [9.17, 15) is 0 Å². The standard InChI is InChI=1S/C25H33ClN6O2/c1-16-23(12-28-32(16)15-25(2,3)33-4)30-24-27-11-18-9-21(26)20(10-22(18)29-24)17-5-7-31(8-6-17)19-13-34-14-19/h9-12,17,19H,5-8,13-15H2,1-4H3,(H,27,29,30). The minimum absolute atomic E-state index is 0.301. The summed E-state index contributed by atoms with van der Waals surface area (Å²) in [4.78, 5) is 11.9. The summed E-state index contributed by atoms with van der Waals surface area (Å²) < 4.78 is 12.8. The second-order valence-corrected chi connectivity index (χ2v) is 10.4. The van der Waals surface area contributed by atoms with Crippen molar-refractivity contribution in [1.29, 1.82) is 0 Å². The van der Waals surface area contributed by atoms with Gasteiger partial charge in [0.25, 0.3) is 0 Å². The molecule has 2 aromatic heterocycles. The average molecular weight is 485 g/mol. The lowest BCUT2D eigenvalue weighted by molar-refractivity contribution is -0.0712. The molecule has 9 heteroatoms. The second kappa shape index (κ2) is 9.41. The number of benzene rings is 1. The van der Waals surface area contributed by atoms with Gasteiger partial charge in [0.05, 0.1) is 54.5 Å². The van der Waals surface area contributed by atoms with Crippen LogP contribution in [0, 0.1) is 6.92 Å². The Bertz CT molecular complexity index is 1170. The van der Waals surface area contributed by atoms with Gasteiger partial charge in [0.15, 0.2) is 0 Å². The van der Waals surface area contributed by atoms with Gasteiger partial charge in [-0.25, -0.2) is 9.97 Å². The van der Waals surface area contributed by atoms with Crippen LogP contribution in [0.1, 0.15) is 43.9 Å². The first kappa shape index (κ1) is 23.5. The minimum Gasteiger partial charge on any atom is -0.378 e. The molecule has 8 nitrogen and oxygen atoms in total. The van der Waals surface area contributed by atoms with E-state index in [-0.39, 0.29) is 5.60 Å². The molecule has 1 N–H and O–H groups in total. The molecule has 0 amide bonds. The number of anilines is 2. The number of hydrogen-bond donors (Lipinski definition) is 1. The van der Waals surface area contributed by atoms with Crippen LogP contribution in [0.4, 0.5) is 11.6 Å². The largest absolute Gasteiger partial charge is 0.378 e. The second-order valence-electron chi connectivity index (χ2n) is 10.0. The molecular weight excluding hydrogens is 452 g/mol. The Balaban J connectivity index is 1.33. The zero-order chi connectivity index (χ0) is 23.9. The molecule has 1 aromatic carbocycles. The summed E-state index contributed by atoms with van der Waals surface area (Å²) in [7, 11) is 1.72. The van der Waals surface area contributed by atoms with Gasteiger partial charge < -0.3 is 14.8 Å². The van der Waals surface area contributed by atoms with Crippen LogP contribution in [-0.2, 0) is 16.0 Å². The van der Waals surface area contributed by atoms with Crippen LogP contribution in [0.25, 0.3) is 10.9 Å². The molecule has 2 aliphatic heterocycles. The van der Waals surface area contributed by atoms with Crippen molar-refractivity contribution in [2.45, 2.75) is 57.7 Å². The zero-order valence-electron chi connectivity index (χ0n) is 20.3. The molecule has 2 saturated heterocycles. The van der Waals surface area contributed by atoms with E-state index in [1.54, 1.807) is 7.11 Å². The molecule has 0 saturated carbocycles. The lowest BCUT2D eigenvalue weighted by Gasteiger charge is -2.41. The van der Waals surface area contributed by atoms with Crippen molar-refractivity contribution in [3.63, 3.8) is 0 Å². The van der Waals surface area contributed by atoms with E-state index < -0.39 is 0 Å². The van der Waals surface area contributed by atoms with Gasteiger partial charge in [0.2, 0.25) is 5.95 Å². The van der Waals surface area contributed by atoms with Gasteiger partial charge in [0, 0.05) is 23.7 Å². The molecule has 0 atom stereocenters. The summed E-state index contributed by atoms with van der Waals surface area (Å²) in [5.41, 5.74) is 3.68. The summed E-state index contributed by atoms with van der Waals surface area (Å²) in [5, 5.41) is 9.60. The van der Waals surface area contributed by atoms with E-state index in [0.29, 0.717) is 24.5 Å². The molecule has 34 heavy (non-hydrogen) atoms. The number of piperidine rings is 1. The van der Waals surface area contributed by atoms with Crippen molar-refractivity contribution < 1.29 is 9.47 Å². The number of ether oxygens (including phenoxy) is 2. The highest BCUT2D eigenvalue weighted by molar-refractivity contribution is 6.32. The third-order valence-electron chi connectivity index (χ3n) is 7.24. The van der Waals surface area contributed by atoms with Crippen LogP contribution in [0.3, 0.4) is 0 Å². The van der Waals surface area contributed by atoms with E-state index >= 15 is 0 Å². The van der Waals surface area contributed by atoms with Gasteiger partial charge in [-0.15, -0.1) is 0 Å². The molecular formula is C25H33ClN6O2. The predicted molar refractivity (Wildman–Crippen MR) is 134 cm³/mol. The van der Waals surface area contributed by atoms with Gasteiger partial charge in [-0.3, -0.25) is 9.58 Å². The maximum Gasteiger partial charge on any atom is 0.227 e. The number of nitrogens with one attached hydrogen (secondary N) is 1. The van der Waals surface area contributed by atoms with E-state index in [0.717, 1.165) is 66.5 Å². The Kier molecular flexibility index (Phi) is 6.50. The maximum absolute atomic E-state index is 6.71. The van der Waals surface area contributed by atoms with E-state index in [2.05, 4.69) is 26.4 Å². The summed E-state index contributed by atoms with van der Waals surface area (Å²) in [6.07, 6.45) is 5.85. The zero-order valence-corrected chi connectivity index (χ0v) is 21.1. The molecule has 2 fully saturated rings. The van der Waals surface area contributed by atoms with Gasteiger partial charge in [-0.2, -0.15) is 5.10 Å². The topological polar surface area (TPSA) is 77.3 Å². The van der Waals surface area contributed by atoms with Crippen molar-refractivity contribution in [2.75, 3.05) is 38.7 Å². The first-order valence-electron chi connectivity index (χ1n) is 12.0. The third kappa shape index (κ3) is 4.77. The molecule has 182 valence electrons. The van der Waals surface area contributed by atoms with E-state index in [1.807, 2.05) is 43.9 Å². The van der Waals surface area contributed by atoms with Crippen molar-refractivity contribution >= 4 is 34.1 Å². The molecule has 4 heterocycles. The SMILES string of the molecule is COC(C)(C)Cn1ncc(Nc2ncc3cc(Cl)c(C4CCN(C5COC5)CC4)cc3n2)c1C. The Hall–Kier alpha value is -2.26. The molecule has 0 radical (unpaired) electrons. The minimum atomic E-state index is -0.301. The first-order chi connectivity index (χ1) is 16.3. The number of halogens is 1. The summed E-state index contributed by atoms with van der Waals surface area (Å²) >= 11 is 6.71. The lowest BCUT2D eigenvalue weighted by atomic mass is 9.88. The van der Waals surface area contributed by atoms with E-state index in [4.69, 9.17) is 26.1 Å². The first-order valence-corrected chi connectivity index (χ1v) is 12.3. The van der Waals surface area contributed by atoms with Gasteiger partial charge in [0.1, 0.15) is 0 Å². The molecule has 0 spiro atoms. The fourth-order valence-electron chi connectivity index (χ4n) is 4.72. The maximum atomic E-state index is 6.71. The lowest BCUT2D eigenvalue weighted by Crippen LogP contribution is -2.51. The highest BCUT2D eigenvalue weighted by Gasteiger charge is 2.30. The molecule has 5 rings (SSSR count). The van der Waals surface area contributed by atoms with Crippen molar-refractivity contribution in [2.24, 2.45) is 0 Å². The van der Waals surface area contributed by atoms with Crippen LogP contribution in [-0.4, -0.2) is 69.7 Å². The normalized spacial score (nSPS) is 18.4. The van der Waals surface area contributed by atoms with Crippen LogP contribution in [0.2, 0.25) is 5.02 Å². The van der Waals surface area contributed by atoms with Crippen LogP contribution < -0.4 is 5.32 Å². The Morgan fingerprint density at radius 1 is 1.21 bits per heavy atom. The van der Waals surface area contributed by atoms with Crippen molar-refractivity contribution in [1.82, 2.24) is 24.6 Å². The summed E-state index contributed by atoms with van der Waals surface area (Å²) in [5.74, 6) is 0.999. The van der Waals surface area contributed by atoms with Crippen LogP contribution >= 0.6 is 11.6 Å². The quantitative estimate of drug-likeness (QED) is 0.527. The number of rotatable bonds is 7. The van der Waals surface area contributed by atoms with Crippen molar-refractivity contribution in [3.8, 4) is 0 Å². The number of methoxy groups -OCH3 is 1. The fraction of sp³-hybridized carbons (Fsp3) is 0.560. The highest BCUT2D eigenvalue weighted by atomic mass is 35.5. The molecule has 0 unspecified atom stereocenters. The molecule has 0 aliphatic carbocycles. The Morgan fingerprint density at radius 2 is 1.97 bits per heavy atom. The number of aromatic nitrogens is 4. The van der Waals surface area contributed by atoms with Gasteiger partial charge in [-0.05, 0) is 70.3 Å². The smallest absolute Gasteiger partial charge is 0.227 e. The monoisotopic (exact) mass is 484 g/mol. The number of fused-ring (bicyclic) bond motifs is 1. The third-order valence-corrected chi connectivity index (χ3v) is 7.56. The van der Waals surface area contributed by atoms with Gasteiger partial charge >= 0.3 is 0 Å². The Labute approximate surface area is 205 Å². The summed E-state index contributed by atoms with van der Waals surface area (Å²) in [6, 6.07) is 4.75. The van der Waals surface area contributed by atoms with E-state index in [1.165, 1.54) is 5.56 Å². The van der Waals surface area contributed by atoms with Crippen molar-refractivity contribution in [3.05, 3.63) is 40.8 Å². The predicted octanol–water partition coefficient (Wildman–Crippen LogP) is 4.53. The van der Waals surface area contributed by atoms with Gasteiger partial charge in [-0.1, -0.05) is 11.6 Å². The molecule has 0 bridgehead atoms. The molecule has 3 aromatic rings. The Morgan fingerprint density at radius 3 is 2.65 bits per heavy atom. The summed E-state index contributed by atoms with van der Waals surface area (Å²) in [6.45, 7) is 10.7. The van der Waals surface area contributed by atoms with Crippen LogP contribution in [0.15, 0.2) is 24.5 Å². The number of nitrogens with zero attached hydrogens (tertiary/aromatic N) is 5. The number of likely N-dealkylation sites (tertiary alicyclic amines) is 1. The average Bonchev–Trinajstić information content (AvgIpc) is 3.11. The molecule has 2 aliphatic rings. The van der Waals surface area contributed by atoms with Crippen LogP contribution in [0.5, 0.6) is 0 Å². The highest BCUT2D eigenvalue weighted by Crippen LogP contribution is 2.36. The number of hydrogen-bond acceptors (Lipinski definition) is 7. The fourth-order valence-corrected chi connectivity index (χ4v) is 5.05.